The molecule has 0 aliphatic rings. The molecule has 0 spiro atoms. The average molecular weight is 288 g/mol. The van der Waals surface area contributed by atoms with Crippen LogP contribution in [0.2, 0.25) is 0 Å². The van der Waals surface area contributed by atoms with Crippen LogP contribution < -0.4 is 15.8 Å². The van der Waals surface area contributed by atoms with Gasteiger partial charge in [0.25, 0.3) is 5.91 Å². The molecule has 110 valence electrons. The highest BCUT2D eigenvalue weighted by molar-refractivity contribution is 5.97. The molecule has 0 atom stereocenters. The van der Waals surface area contributed by atoms with E-state index in [9.17, 15) is 9.18 Å². The van der Waals surface area contributed by atoms with Gasteiger partial charge in [0.05, 0.1) is 12.7 Å². The summed E-state index contributed by atoms with van der Waals surface area (Å²) < 4.78 is 18.2. The van der Waals surface area contributed by atoms with E-state index in [-0.39, 0.29) is 11.7 Å². The molecule has 4 nitrogen and oxygen atoms in total. The molecule has 2 rings (SSSR count). The van der Waals surface area contributed by atoms with Gasteiger partial charge in [0.1, 0.15) is 11.6 Å². The van der Waals surface area contributed by atoms with Crippen LogP contribution in [0.5, 0.6) is 5.75 Å². The summed E-state index contributed by atoms with van der Waals surface area (Å²) in [6, 6.07) is 11.2. The molecule has 0 fully saturated rings. The fourth-order valence-corrected chi connectivity index (χ4v) is 2.00. The van der Waals surface area contributed by atoms with Crippen LogP contribution in [-0.4, -0.2) is 19.6 Å². The predicted octanol–water partition coefficient (Wildman–Crippen LogP) is 2.39. The Bertz CT molecular complexity index is 644. The molecule has 0 saturated carbocycles. The zero-order valence-corrected chi connectivity index (χ0v) is 11.7. The standard InChI is InChI=1S/C16H17FN2O2/c1-21-15-10-13(18)5-6-14(15)16(20)19-8-7-11-3-2-4-12(17)9-11/h2-6,9-10H,7-8,18H2,1H3,(H,19,20). The predicted molar refractivity (Wildman–Crippen MR) is 79.8 cm³/mol. The first-order valence-electron chi connectivity index (χ1n) is 6.56. The fraction of sp³-hybridized carbons (Fsp3) is 0.188. The van der Waals surface area contributed by atoms with E-state index in [1.165, 1.54) is 19.2 Å². The Morgan fingerprint density at radius 1 is 1.29 bits per heavy atom. The van der Waals surface area contributed by atoms with Crippen molar-refractivity contribution in [2.24, 2.45) is 0 Å². The van der Waals surface area contributed by atoms with Gasteiger partial charge in [0, 0.05) is 18.3 Å². The second-order valence-corrected chi connectivity index (χ2v) is 4.60. The fourth-order valence-electron chi connectivity index (χ4n) is 2.00. The summed E-state index contributed by atoms with van der Waals surface area (Å²) in [6.45, 7) is 0.413. The zero-order valence-electron chi connectivity index (χ0n) is 11.7. The average Bonchev–Trinajstić information content (AvgIpc) is 2.47. The first-order valence-corrected chi connectivity index (χ1v) is 6.56. The minimum Gasteiger partial charge on any atom is -0.496 e. The van der Waals surface area contributed by atoms with Crippen LogP contribution in [0.25, 0.3) is 0 Å². The number of nitrogen functional groups attached to an aromatic ring is 1. The summed E-state index contributed by atoms with van der Waals surface area (Å²) in [7, 11) is 1.48. The SMILES string of the molecule is COc1cc(N)ccc1C(=O)NCCc1cccc(F)c1. The van der Waals surface area contributed by atoms with Gasteiger partial charge < -0.3 is 15.8 Å². The molecule has 2 aromatic carbocycles. The van der Waals surface area contributed by atoms with Gasteiger partial charge in [-0.1, -0.05) is 12.1 Å². The van der Waals surface area contributed by atoms with Crippen molar-refractivity contribution in [3.05, 3.63) is 59.4 Å². The van der Waals surface area contributed by atoms with Crippen LogP contribution >= 0.6 is 0 Å². The lowest BCUT2D eigenvalue weighted by atomic mass is 10.1. The Morgan fingerprint density at radius 2 is 2.10 bits per heavy atom. The molecule has 0 heterocycles. The van der Waals surface area contributed by atoms with Crippen molar-refractivity contribution >= 4 is 11.6 Å². The summed E-state index contributed by atoms with van der Waals surface area (Å²) in [5, 5.41) is 2.78. The third kappa shape index (κ3) is 3.95. The van der Waals surface area contributed by atoms with Crippen molar-refractivity contribution in [2.45, 2.75) is 6.42 Å². The number of methoxy groups -OCH3 is 1. The zero-order chi connectivity index (χ0) is 15.2. The number of rotatable bonds is 5. The number of nitrogens with one attached hydrogen (secondary N) is 1. The number of halogens is 1. The van der Waals surface area contributed by atoms with E-state index >= 15 is 0 Å². The van der Waals surface area contributed by atoms with Gasteiger partial charge in [0.2, 0.25) is 0 Å². The van der Waals surface area contributed by atoms with Gasteiger partial charge in [-0.05, 0) is 36.2 Å². The summed E-state index contributed by atoms with van der Waals surface area (Å²) in [6.07, 6.45) is 0.556. The number of benzene rings is 2. The molecule has 3 N–H and O–H groups in total. The molecule has 1 amide bonds. The van der Waals surface area contributed by atoms with Gasteiger partial charge in [-0.2, -0.15) is 0 Å². The highest BCUT2D eigenvalue weighted by Crippen LogP contribution is 2.21. The van der Waals surface area contributed by atoms with Crippen molar-refractivity contribution in [2.75, 3.05) is 19.4 Å². The van der Waals surface area contributed by atoms with Gasteiger partial charge in [0.15, 0.2) is 0 Å². The van der Waals surface area contributed by atoms with Gasteiger partial charge in [-0.25, -0.2) is 4.39 Å². The maximum Gasteiger partial charge on any atom is 0.255 e. The topological polar surface area (TPSA) is 64.3 Å². The first-order chi connectivity index (χ1) is 10.1. The minimum atomic E-state index is -0.279. The molecular weight excluding hydrogens is 271 g/mol. The van der Waals surface area contributed by atoms with Crippen LogP contribution in [-0.2, 0) is 6.42 Å². The molecule has 5 heteroatoms. The van der Waals surface area contributed by atoms with Crippen molar-refractivity contribution in [1.82, 2.24) is 5.32 Å². The number of hydrogen-bond donors (Lipinski definition) is 2. The molecule has 0 radical (unpaired) electrons. The third-order valence-electron chi connectivity index (χ3n) is 3.06. The Balaban J connectivity index is 1.96. The second-order valence-electron chi connectivity index (χ2n) is 4.60. The molecule has 2 aromatic rings. The molecule has 0 aromatic heterocycles. The quantitative estimate of drug-likeness (QED) is 0.830. The first kappa shape index (κ1) is 14.8. The van der Waals surface area contributed by atoms with E-state index in [2.05, 4.69) is 5.32 Å². The van der Waals surface area contributed by atoms with Gasteiger partial charge in [-0.15, -0.1) is 0 Å². The molecule has 0 saturated heterocycles. The van der Waals surface area contributed by atoms with E-state index in [1.807, 2.05) is 6.07 Å². The van der Waals surface area contributed by atoms with E-state index in [4.69, 9.17) is 10.5 Å². The number of hydrogen-bond acceptors (Lipinski definition) is 3. The summed E-state index contributed by atoms with van der Waals surface area (Å²) >= 11 is 0. The summed E-state index contributed by atoms with van der Waals surface area (Å²) in [5.74, 6) is -0.0967. The number of anilines is 1. The van der Waals surface area contributed by atoms with Crippen LogP contribution in [0.1, 0.15) is 15.9 Å². The number of amides is 1. The van der Waals surface area contributed by atoms with Gasteiger partial charge >= 0.3 is 0 Å². The summed E-state index contributed by atoms with van der Waals surface area (Å²) in [5.41, 5.74) is 7.43. The molecule has 0 aliphatic carbocycles. The van der Waals surface area contributed by atoms with Crippen LogP contribution in [0.15, 0.2) is 42.5 Å². The summed E-state index contributed by atoms with van der Waals surface area (Å²) in [4.78, 5) is 12.1. The Kier molecular flexibility index (Phi) is 4.77. The number of ether oxygens (including phenoxy) is 1. The normalized spacial score (nSPS) is 10.2. The maximum absolute atomic E-state index is 13.0. The lowest BCUT2D eigenvalue weighted by Gasteiger charge is -2.10. The smallest absolute Gasteiger partial charge is 0.255 e. The molecule has 0 unspecified atom stereocenters. The second kappa shape index (κ2) is 6.74. The van der Waals surface area contributed by atoms with Crippen molar-refractivity contribution in [1.29, 1.82) is 0 Å². The van der Waals surface area contributed by atoms with E-state index in [0.29, 0.717) is 30.0 Å². The van der Waals surface area contributed by atoms with Crippen molar-refractivity contribution in [3.8, 4) is 5.75 Å². The minimum absolute atomic E-state index is 0.247. The molecule has 0 bridgehead atoms. The lowest BCUT2D eigenvalue weighted by molar-refractivity contribution is 0.0951. The van der Waals surface area contributed by atoms with Crippen molar-refractivity contribution < 1.29 is 13.9 Å². The van der Waals surface area contributed by atoms with E-state index < -0.39 is 0 Å². The Hall–Kier alpha value is -2.56. The highest BCUT2D eigenvalue weighted by Gasteiger charge is 2.11. The molecule has 0 aliphatic heterocycles. The van der Waals surface area contributed by atoms with E-state index in [0.717, 1.165) is 5.56 Å². The highest BCUT2D eigenvalue weighted by atomic mass is 19.1. The van der Waals surface area contributed by atoms with Crippen molar-refractivity contribution in [3.63, 3.8) is 0 Å². The van der Waals surface area contributed by atoms with Crippen LogP contribution in [0.4, 0.5) is 10.1 Å². The van der Waals surface area contributed by atoms with Crippen LogP contribution in [0, 0.1) is 5.82 Å². The largest absolute Gasteiger partial charge is 0.496 e. The Labute approximate surface area is 122 Å². The molecule has 21 heavy (non-hydrogen) atoms. The lowest BCUT2D eigenvalue weighted by Crippen LogP contribution is -2.26. The van der Waals surface area contributed by atoms with Gasteiger partial charge in [-0.3, -0.25) is 4.79 Å². The number of nitrogens with two attached hydrogens (primary N) is 1. The Morgan fingerprint density at radius 3 is 2.81 bits per heavy atom. The van der Waals surface area contributed by atoms with Crippen LogP contribution in [0.3, 0.4) is 0 Å². The monoisotopic (exact) mass is 288 g/mol. The number of carbonyl (C=O) groups is 1. The number of carbonyl (C=O) groups excluding carboxylic acids is 1. The maximum atomic E-state index is 13.0. The van der Waals surface area contributed by atoms with E-state index in [1.54, 1.807) is 24.3 Å². The third-order valence-corrected chi connectivity index (χ3v) is 3.06. The molecular formula is C16H17FN2O2.